The van der Waals surface area contributed by atoms with E-state index in [0.29, 0.717) is 23.4 Å². The molecule has 0 aliphatic rings. The number of anilines is 1. The molecule has 0 saturated carbocycles. The minimum Gasteiger partial charge on any atom is -0.508 e. The SMILES string of the molecule is Cc1c(NCc2cc(Br)ccc2O)cccc1S(N)(=O)=O. The van der Waals surface area contributed by atoms with Gasteiger partial charge < -0.3 is 10.4 Å². The molecule has 21 heavy (non-hydrogen) atoms. The second-order valence-electron chi connectivity index (χ2n) is 4.60. The maximum absolute atomic E-state index is 11.5. The Morgan fingerprint density at radius 3 is 2.67 bits per heavy atom. The van der Waals surface area contributed by atoms with Gasteiger partial charge in [0, 0.05) is 22.3 Å². The van der Waals surface area contributed by atoms with E-state index < -0.39 is 10.0 Å². The molecule has 0 saturated heterocycles. The lowest BCUT2D eigenvalue weighted by atomic mass is 10.1. The number of aromatic hydroxyl groups is 1. The van der Waals surface area contributed by atoms with Gasteiger partial charge in [0.25, 0.3) is 0 Å². The first-order chi connectivity index (χ1) is 9.79. The molecule has 0 heterocycles. The van der Waals surface area contributed by atoms with Gasteiger partial charge in [0.15, 0.2) is 0 Å². The van der Waals surface area contributed by atoms with Crippen LogP contribution in [0, 0.1) is 6.92 Å². The summed E-state index contributed by atoms with van der Waals surface area (Å²) in [5.41, 5.74) is 1.90. The van der Waals surface area contributed by atoms with Gasteiger partial charge in [-0.2, -0.15) is 0 Å². The molecule has 0 radical (unpaired) electrons. The van der Waals surface area contributed by atoms with Gasteiger partial charge >= 0.3 is 0 Å². The van der Waals surface area contributed by atoms with Gasteiger partial charge in [0.05, 0.1) is 4.90 Å². The quantitative estimate of drug-likeness (QED) is 0.771. The van der Waals surface area contributed by atoms with E-state index in [4.69, 9.17) is 5.14 Å². The van der Waals surface area contributed by atoms with Crippen LogP contribution in [-0.4, -0.2) is 13.5 Å². The number of hydrogen-bond acceptors (Lipinski definition) is 4. The van der Waals surface area contributed by atoms with Crippen LogP contribution in [0.3, 0.4) is 0 Å². The van der Waals surface area contributed by atoms with Gasteiger partial charge in [-0.05, 0) is 42.8 Å². The monoisotopic (exact) mass is 370 g/mol. The Morgan fingerprint density at radius 1 is 1.29 bits per heavy atom. The maximum atomic E-state index is 11.5. The summed E-state index contributed by atoms with van der Waals surface area (Å²) < 4.78 is 23.8. The molecule has 112 valence electrons. The average Bonchev–Trinajstić information content (AvgIpc) is 2.40. The van der Waals surface area contributed by atoms with E-state index in [9.17, 15) is 13.5 Å². The lowest BCUT2D eigenvalue weighted by molar-refractivity contribution is 0.469. The third-order valence-corrected chi connectivity index (χ3v) is 4.65. The fraction of sp³-hybridized carbons (Fsp3) is 0.143. The summed E-state index contributed by atoms with van der Waals surface area (Å²) in [6, 6.07) is 9.98. The zero-order chi connectivity index (χ0) is 15.6. The van der Waals surface area contributed by atoms with Crippen molar-refractivity contribution in [3.05, 3.63) is 52.0 Å². The van der Waals surface area contributed by atoms with Gasteiger partial charge in [-0.3, -0.25) is 0 Å². The fourth-order valence-electron chi connectivity index (χ4n) is 2.00. The van der Waals surface area contributed by atoms with Crippen molar-refractivity contribution >= 4 is 31.6 Å². The Morgan fingerprint density at radius 2 is 2.00 bits per heavy atom. The van der Waals surface area contributed by atoms with Crippen LogP contribution in [0.4, 0.5) is 5.69 Å². The van der Waals surface area contributed by atoms with E-state index >= 15 is 0 Å². The lowest BCUT2D eigenvalue weighted by Gasteiger charge is -2.13. The Labute approximate surface area is 132 Å². The van der Waals surface area contributed by atoms with Crippen LogP contribution in [0.2, 0.25) is 0 Å². The standard InChI is InChI=1S/C14H15BrN2O3S/c1-9-12(3-2-4-14(9)21(16,19)20)17-8-10-7-11(15)5-6-13(10)18/h2-7,17-18H,8H2,1H3,(H2,16,19,20). The minimum atomic E-state index is -3.75. The third kappa shape index (κ3) is 3.75. The van der Waals surface area contributed by atoms with E-state index in [1.54, 1.807) is 37.3 Å². The minimum absolute atomic E-state index is 0.0889. The van der Waals surface area contributed by atoms with Crippen LogP contribution in [0.15, 0.2) is 45.8 Å². The van der Waals surface area contributed by atoms with Crippen molar-refractivity contribution in [2.24, 2.45) is 5.14 Å². The predicted octanol–water partition coefficient (Wildman–Crippen LogP) is 2.72. The van der Waals surface area contributed by atoms with Crippen molar-refractivity contribution in [1.29, 1.82) is 0 Å². The summed E-state index contributed by atoms with van der Waals surface area (Å²) >= 11 is 3.34. The molecule has 0 fully saturated rings. The highest BCUT2D eigenvalue weighted by Crippen LogP contribution is 2.25. The molecule has 0 aliphatic carbocycles. The van der Waals surface area contributed by atoms with Crippen LogP contribution in [0.1, 0.15) is 11.1 Å². The van der Waals surface area contributed by atoms with E-state index in [2.05, 4.69) is 21.2 Å². The lowest BCUT2D eigenvalue weighted by Crippen LogP contribution is -2.14. The molecule has 0 unspecified atom stereocenters. The third-order valence-electron chi connectivity index (χ3n) is 3.10. The highest BCUT2D eigenvalue weighted by Gasteiger charge is 2.13. The maximum Gasteiger partial charge on any atom is 0.238 e. The van der Waals surface area contributed by atoms with Crippen molar-refractivity contribution in [1.82, 2.24) is 0 Å². The summed E-state index contributed by atoms with van der Waals surface area (Å²) in [6.45, 7) is 2.04. The van der Waals surface area contributed by atoms with E-state index in [1.807, 2.05) is 0 Å². The highest BCUT2D eigenvalue weighted by molar-refractivity contribution is 9.10. The Hall–Kier alpha value is -1.57. The number of benzene rings is 2. The molecule has 4 N–H and O–H groups in total. The first-order valence-electron chi connectivity index (χ1n) is 6.12. The predicted molar refractivity (Wildman–Crippen MR) is 85.7 cm³/mol. The van der Waals surface area contributed by atoms with Gasteiger partial charge in [-0.15, -0.1) is 0 Å². The second kappa shape index (κ2) is 6.05. The zero-order valence-corrected chi connectivity index (χ0v) is 13.7. The summed E-state index contributed by atoms with van der Waals surface area (Å²) in [5, 5.41) is 18.1. The molecular weight excluding hydrogens is 356 g/mol. The smallest absolute Gasteiger partial charge is 0.238 e. The van der Waals surface area contributed by atoms with Crippen LogP contribution in [0.25, 0.3) is 0 Å². The Kier molecular flexibility index (Phi) is 4.55. The van der Waals surface area contributed by atoms with Gasteiger partial charge in [0.1, 0.15) is 5.75 Å². The molecule has 0 amide bonds. The number of phenolic OH excluding ortho intramolecular Hbond substituents is 1. The topological polar surface area (TPSA) is 92.4 Å². The number of phenols is 1. The van der Waals surface area contributed by atoms with Crippen molar-refractivity contribution < 1.29 is 13.5 Å². The highest BCUT2D eigenvalue weighted by atomic mass is 79.9. The number of rotatable bonds is 4. The average molecular weight is 371 g/mol. The summed E-state index contributed by atoms with van der Waals surface area (Å²) in [6.07, 6.45) is 0. The Bertz CT molecular complexity index is 776. The molecule has 0 spiro atoms. The number of hydrogen-bond donors (Lipinski definition) is 3. The van der Waals surface area contributed by atoms with Crippen LogP contribution in [-0.2, 0) is 16.6 Å². The largest absolute Gasteiger partial charge is 0.508 e. The van der Waals surface area contributed by atoms with E-state index in [1.165, 1.54) is 6.07 Å². The number of nitrogens with two attached hydrogens (primary N) is 1. The summed E-state index contributed by atoms with van der Waals surface area (Å²) in [4.78, 5) is 0.0889. The fourth-order valence-corrected chi connectivity index (χ4v) is 3.21. The number of primary sulfonamides is 1. The first-order valence-corrected chi connectivity index (χ1v) is 8.46. The van der Waals surface area contributed by atoms with E-state index in [0.717, 1.165) is 4.47 Å². The molecule has 7 heteroatoms. The second-order valence-corrected chi connectivity index (χ2v) is 7.05. The Balaban J connectivity index is 2.27. The van der Waals surface area contributed by atoms with Crippen molar-refractivity contribution in [2.45, 2.75) is 18.4 Å². The molecule has 0 atom stereocenters. The zero-order valence-electron chi connectivity index (χ0n) is 11.3. The first kappa shape index (κ1) is 15.8. The molecule has 0 bridgehead atoms. The van der Waals surface area contributed by atoms with Gasteiger partial charge in [-0.25, -0.2) is 13.6 Å². The van der Waals surface area contributed by atoms with Gasteiger partial charge in [0.2, 0.25) is 10.0 Å². The van der Waals surface area contributed by atoms with Crippen LogP contribution in [0.5, 0.6) is 5.75 Å². The molecule has 5 nitrogen and oxygen atoms in total. The molecular formula is C14H15BrN2O3S. The molecule has 2 aromatic carbocycles. The number of halogens is 1. The molecule has 0 aromatic heterocycles. The van der Waals surface area contributed by atoms with Crippen molar-refractivity contribution in [3.63, 3.8) is 0 Å². The molecule has 2 rings (SSSR count). The van der Waals surface area contributed by atoms with Crippen molar-refractivity contribution in [2.75, 3.05) is 5.32 Å². The number of nitrogens with one attached hydrogen (secondary N) is 1. The van der Waals surface area contributed by atoms with Gasteiger partial charge in [-0.1, -0.05) is 22.0 Å². The van der Waals surface area contributed by atoms with Crippen molar-refractivity contribution in [3.8, 4) is 5.75 Å². The van der Waals surface area contributed by atoms with E-state index in [-0.39, 0.29) is 10.6 Å². The summed E-state index contributed by atoms with van der Waals surface area (Å²) in [7, 11) is -3.75. The van der Waals surface area contributed by atoms with Crippen LogP contribution >= 0.6 is 15.9 Å². The number of sulfonamides is 1. The molecule has 2 aromatic rings. The summed E-state index contributed by atoms with van der Waals surface area (Å²) in [5.74, 6) is 0.172. The molecule has 0 aliphatic heterocycles. The van der Waals surface area contributed by atoms with Crippen LogP contribution < -0.4 is 10.5 Å². The normalized spacial score (nSPS) is 11.4.